The van der Waals surface area contributed by atoms with Crippen molar-refractivity contribution in [3.8, 4) is 11.5 Å². The van der Waals surface area contributed by atoms with E-state index in [0.717, 1.165) is 17.3 Å². The molecule has 2 aromatic carbocycles. The average Bonchev–Trinajstić information content (AvgIpc) is 3.06. The molecule has 2 aromatic rings. The topological polar surface area (TPSA) is 84.9 Å². The molecule has 0 spiro atoms. The van der Waals surface area contributed by atoms with Gasteiger partial charge in [0.1, 0.15) is 18.1 Å². The molecule has 160 valence electrons. The van der Waals surface area contributed by atoms with Gasteiger partial charge in [-0.3, -0.25) is 19.7 Å². The van der Waals surface area contributed by atoms with E-state index in [1.54, 1.807) is 36.2 Å². The highest BCUT2D eigenvalue weighted by Crippen LogP contribution is 2.31. The average molecular weight is 459 g/mol. The van der Waals surface area contributed by atoms with Gasteiger partial charge in [0, 0.05) is 7.05 Å². The number of carbonyl (C=O) groups is 3. The molecular weight excluding hydrogens is 440 g/mol. The van der Waals surface area contributed by atoms with Crippen molar-refractivity contribution in [2.24, 2.45) is 0 Å². The van der Waals surface area contributed by atoms with Crippen LogP contribution in [0.1, 0.15) is 11.1 Å². The van der Waals surface area contributed by atoms with E-state index in [9.17, 15) is 14.4 Å². The number of likely N-dealkylation sites (N-methyl/N-ethyl adjacent to an activating group) is 1. The quantitative estimate of drug-likeness (QED) is 0.685. The van der Waals surface area contributed by atoms with Crippen molar-refractivity contribution in [3.63, 3.8) is 0 Å². The van der Waals surface area contributed by atoms with E-state index in [1.165, 1.54) is 0 Å². The second kappa shape index (κ2) is 9.13. The highest BCUT2D eigenvalue weighted by atomic mass is 35.5. The lowest BCUT2D eigenvalue weighted by Gasteiger charge is -2.32. The summed E-state index contributed by atoms with van der Waals surface area (Å²) in [5.74, 6) is 0.754. The van der Waals surface area contributed by atoms with Gasteiger partial charge in [0.2, 0.25) is 5.91 Å². The molecule has 1 N–H and O–H groups in total. The van der Waals surface area contributed by atoms with E-state index < -0.39 is 11.1 Å². The molecule has 1 atom stereocenters. The van der Waals surface area contributed by atoms with Gasteiger partial charge in [0.15, 0.2) is 0 Å². The largest absolute Gasteiger partial charge is 0.457 e. The SMILES string of the molecule is CN1C(=O)COCC1Cc1ccc(Oc2ccc(C=C3SC(=O)NC3=O)c(Cl)c2)cc1. The summed E-state index contributed by atoms with van der Waals surface area (Å²) in [7, 11) is 1.80. The van der Waals surface area contributed by atoms with E-state index >= 15 is 0 Å². The maximum Gasteiger partial charge on any atom is 0.290 e. The van der Waals surface area contributed by atoms with Crippen molar-refractivity contribution in [2.45, 2.75) is 12.5 Å². The number of imide groups is 1. The molecule has 3 amide bonds. The zero-order valence-electron chi connectivity index (χ0n) is 16.6. The van der Waals surface area contributed by atoms with Crippen LogP contribution in [-0.2, 0) is 20.7 Å². The molecule has 2 saturated heterocycles. The Labute approximate surface area is 188 Å². The molecule has 2 aliphatic heterocycles. The molecule has 0 bridgehead atoms. The first-order valence-electron chi connectivity index (χ1n) is 9.53. The van der Waals surface area contributed by atoms with Crippen LogP contribution < -0.4 is 10.1 Å². The minimum Gasteiger partial charge on any atom is -0.457 e. The van der Waals surface area contributed by atoms with Gasteiger partial charge in [0.05, 0.1) is 22.6 Å². The number of ether oxygens (including phenoxy) is 2. The Morgan fingerprint density at radius 3 is 2.61 bits per heavy atom. The minimum absolute atomic E-state index is 0.00840. The zero-order chi connectivity index (χ0) is 22.0. The number of morpholine rings is 1. The summed E-state index contributed by atoms with van der Waals surface area (Å²) in [4.78, 5) is 36.7. The summed E-state index contributed by atoms with van der Waals surface area (Å²) in [6, 6.07) is 12.8. The third-order valence-corrected chi connectivity index (χ3v) is 6.15. The number of carbonyl (C=O) groups excluding carboxylic acids is 3. The van der Waals surface area contributed by atoms with Crippen molar-refractivity contribution >= 4 is 46.5 Å². The first-order valence-corrected chi connectivity index (χ1v) is 10.7. The Balaban J connectivity index is 1.41. The fourth-order valence-electron chi connectivity index (χ4n) is 3.25. The predicted octanol–water partition coefficient (Wildman–Crippen LogP) is 3.86. The van der Waals surface area contributed by atoms with Gasteiger partial charge in [-0.15, -0.1) is 0 Å². The summed E-state index contributed by atoms with van der Waals surface area (Å²) >= 11 is 7.16. The van der Waals surface area contributed by atoms with Gasteiger partial charge >= 0.3 is 0 Å². The Morgan fingerprint density at radius 1 is 1.19 bits per heavy atom. The van der Waals surface area contributed by atoms with Gasteiger partial charge in [0.25, 0.3) is 11.1 Å². The number of hydrogen-bond donors (Lipinski definition) is 1. The lowest BCUT2D eigenvalue weighted by Crippen LogP contribution is -2.47. The molecule has 2 heterocycles. The van der Waals surface area contributed by atoms with Crippen LogP contribution in [0.15, 0.2) is 47.4 Å². The maximum atomic E-state index is 11.8. The molecule has 9 heteroatoms. The van der Waals surface area contributed by atoms with Gasteiger partial charge in [-0.1, -0.05) is 23.7 Å². The van der Waals surface area contributed by atoms with E-state index in [2.05, 4.69) is 5.32 Å². The number of amides is 3. The van der Waals surface area contributed by atoms with Crippen molar-refractivity contribution in [1.29, 1.82) is 0 Å². The van der Waals surface area contributed by atoms with E-state index in [-0.39, 0.29) is 18.6 Å². The molecular formula is C22H19ClN2O5S. The second-order valence-corrected chi connectivity index (χ2v) is 8.58. The first kappa shape index (κ1) is 21.4. The van der Waals surface area contributed by atoms with Crippen molar-refractivity contribution in [2.75, 3.05) is 20.3 Å². The Bertz CT molecular complexity index is 1070. The lowest BCUT2D eigenvalue weighted by molar-refractivity contribution is -0.145. The minimum atomic E-state index is -0.429. The molecule has 0 saturated carbocycles. The third kappa shape index (κ3) is 5.10. The molecule has 1 unspecified atom stereocenters. The number of thioether (sulfide) groups is 1. The highest BCUT2D eigenvalue weighted by Gasteiger charge is 2.26. The Morgan fingerprint density at radius 2 is 1.94 bits per heavy atom. The van der Waals surface area contributed by atoms with Gasteiger partial charge in [-0.2, -0.15) is 0 Å². The number of benzene rings is 2. The van der Waals surface area contributed by atoms with Crippen LogP contribution in [0.5, 0.6) is 11.5 Å². The van der Waals surface area contributed by atoms with Crippen LogP contribution in [0.25, 0.3) is 6.08 Å². The number of halogens is 1. The number of rotatable bonds is 5. The summed E-state index contributed by atoms with van der Waals surface area (Å²) in [6.07, 6.45) is 2.27. The summed E-state index contributed by atoms with van der Waals surface area (Å²) in [5, 5.41) is 2.21. The van der Waals surface area contributed by atoms with Crippen LogP contribution in [0.4, 0.5) is 4.79 Å². The number of nitrogens with one attached hydrogen (secondary N) is 1. The molecule has 0 aromatic heterocycles. The Hall–Kier alpha value is -2.81. The molecule has 0 radical (unpaired) electrons. The normalized spacial score (nSPS) is 20.3. The molecule has 4 rings (SSSR count). The van der Waals surface area contributed by atoms with Crippen LogP contribution in [0.2, 0.25) is 5.02 Å². The fraction of sp³-hybridized carbons (Fsp3) is 0.227. The smallest absolute Gasteiger partial charge is 0.290 e. The van der Waals surface area contributed by atoms with E-state index in [1.807, 2.05) is 24.3 Å². The monoisotopic (exact) mass is 458 g/mol. The van der Waals surface area contributed by atoms with Crippen LogP contribution >= 0.6 is 23.4 Å². The maximum absolute atomic E-state index is 11.8. The van der Waals surface area contributed by atoms with Gasteiger partial charge < -0.3 is 14.4 Å². The van der Waals surface area contributed by atoms with Crippen molar-refractivity contribution in [3.05, 3.63) is 63.5 Å². The fourth-order valence-corrected chi connectivity index (χ4v) is 4.15. The van der Waals surface area contributed by atoms with Crippen LogP contribution in [0, 0.1) is 0 Å². The van der Waals surface area contributed by atoms with Crippen molar-refractivity contribution < 1.29 is 23.9 Å². The Kier molecular flexibility index (Phi) is 6.31. The number of nitrogens with zero attached hydrogens (tertiary/aromatic N) is 1. The summed E-state index contributed by atoms with van der Waals surface area (Å²) in [5.41, 5.74) is 1.69. The predicted molar refractivity (Wildman–Crippen MR) is 118 cm³/mol. The highest BCUT2D eigenvalue weighted by molar-refractivity contribution is 8.18. The standard InChI is InChI=1S/C22H19ClN2O5S/c1-25-15(11-29-12-20(25)26)8-13-2-5-16(6-3-13)30-17-7-4-14(18(23)10-17)9-19-21(27)24-22(28)31-19/h2-7,9-10,15H,8,11-12H2,1H3,(H,24,27,28). The number of hydrogen-bond acceptors (Lipinski definition) is 6. The summed E-state index contributed by atoms with van der Waals surface area (Å²) in [6.45, 7) is 0.665. The molecule has 2 aliphatic rings. The van der Waals surface area contributed by atoms with Gasteiger partial charge in [-0.05, 0) is 65.7 Å². The van der Waals surface area contributed by atoms with Gasteiger partial charge in [-0.25, -0.2) is 0 Å². The second-order valence-electron chi connectivity index (χ2n) is 7.16. The molecule has 2 fully saturated rings. The zero-order valence-corrected chi connectivity index (χ0v) is 18.2. The third-order valence-electron chi connectivity index (χ3n) is 5.01. The van der Waals surface area contributed by atoms with E-state index in [4.69, 9.17) is 21.1 Å². The van der Waals surface area contributed by atoms with Crippen molar-refractivity contribution in [1.82, 2.24) is 10.2 Å². The first-order chi connectivity index (χ1) is 14.9. The van der Waals surface area contributed by atoms with Crippen LogP contribution in [0.3, 0.4) is 0 Å². The summed E-state index contributed by atoms with van der Waals surface area (Å²) < 4.78 is 11.2. The molecule has 31 heavy (non-hydrogen) atoms. The van der Waals surface area contributed by atoms with E-state index in [0.29, 0.717) is 40.0 Å². The van der Waals surface area contributed by atoms with Crippen LogP contribution in [-0.4, -0.2) is 48.3 Å². The lowest BCUT2D eigenvalue weighted by atomic mass is 10.0. The molecule has 0 aliphatic carbocycles. The molecule has 7 nitrogen and oxygen atoms in total.